The van der Waals surface area contributed by atoms with Gasteiger partial charge in [0.2, 0.25) is 15.9 Å². The second-order valence-electron chi connectivity index (χ2n) is 7.25. The average Bonchev–Trinajstić information content (AvgIpc) is 2.67. The molecule has 30 heavy (non-hydrogen) atoms. The molecule has 2 aromatic carbocycles. The first-order valence-corrected chi connectivity index (χ1v) is 12.0. The van der Waals surface area contributed by atoms with Crippen LogP contribution >= 0.6 is 11.6 Å². The molecule has 0 aliphatic rings. The van der Waals surface area contributed by atoms with E-state index in [9.17, 15) is 13.2 Å². The van der Waals surface area contributed by atoms with Gasteiger partial charge in [0.15, 0.2) is 0 Å². The number of anilines is 1. The van der Waals surface area contributed by atoms with Gasteiger partial charge in [-0.1, -0.05) is 36.7 Å². The lowest BCUT2D eigenvalue weighted by Gasteiger charge is -2.31. The summed E-state index contributed by atoms with van der Waals surface area (Å²) in [5.74, 6) is 0.385. The first kappa shape index (κ1) is 24.0. The molecule has 0 aromatic heterocycles. The number of carbonyl (C=O) groups excluding carboxylic acids is 1. The summed E-state index contributed by atoms with van der Waals surface area (Å²) in [4.78, 5) is 12.9. The molecule has 0 bridgehead atoms. The molecule has 0 spiro atoms. The molecule has 164 valence electrons. The van der Waals surface area contributed by atoms with Gasteiger partial charge in [0, 0.05) is 5.02 Å². The van der Waals surface area contributed by atoms with Crippen molar-refractivity contribution in [1.82, 2.24) is 5.32 Å². The maximum absolute atomic E-state index is 12.9. The van der Waals surface area contributed by atoms with Crippen LogP contribution in [0.5, 0.6) is 5.75 Å². The van der Waals surface area contributed by atoms with E-state index in [1.165, 1.54) is 0 Å². The molecule has 2 rings (SSSR count). The van der Waals surface area contributed by atoms with Crippen LogP contribution in [-0.4, -0.2) is 39.8 Å². The molecule has 1 N–H and O–H groups in total. The van der Waals surface area contributed by atoms with Gasteiger partial charge in [0.1, 0.15) is 18.4 Å². The van der Waals surface area contributed by atoms with Gasteiger partial charge in [-0.05, 0) is 62.1 Å². The van der Waals surface area contributed by atoms with Gasteiger partial charge >= 0.3 is 0 Å². The SMILES string of the molecule is CC[C@@H](C(=O)NCCOc1cccc(C)c1C)N(c1cc(Cl)ccc1C)S(C)(=O)=O. The number of rotatable bonds is 9. The molecule has 0 aliphatic carbocycles. The topological polar surface area (TPSA) is 75.7 Å². The number of sulfonamides is 1. The van der Waals surface area contributed by atoms with E-state index in [-0.39, 0.29) is 19.1 Å². The van der Waals surface area contributed by atoms with Crippen LogP contribution in [0, 0.1) is 20.8 Å². The van der Waals surface area contributed by atoms with Gasteiger partial charge in [-0.3, -0.25) is 9.10 Å². The third kappa shape index (κ3) is 5.89. The Morgan fingerprint density at radius 3 is 2.50 bits per heavy atom. The Kier molecular flexibility index (Phi) is 8.15. The number of hydrogen-bond acceptors (Lipinski definition) is 4. The fourth-order valence-corrected chi connectivity index (χ4v) is 4.62. The smallest absolute Gasteiger partial charge is 0.244 e. The summed E-state index contributed by atoms with van der Waals surface area (Å²) >= 11 is 6.08. The van der Waals surface area contributed by atoms with Crippen molar-refractivity contribution in [1.29, 1.82) is 0 Å². The third-order valence-electron chi connectivity index (χ3n) is 4.95. The summed E-state index contributed by atoms with van der Waals surface area (Å²) in [5.41, 5.74) is 3.30. The number of nitrogens with one attached hydrogen (secondary N) is 1. The molecule has 0 aliphatic heterocycles. The Morgan fingerprint density at radius 2 is 1.87 bits per heavy atom. The van der Waals surface area contributed by atoms with Crippen LogP contribution in [0.3, 0.4) is 0 Å². The van der Waals surface area contributed by atoms with E-state index in [0.717, 1.165) is 27.4 Å². The van der Waals surface area contributed by atoms with Crippen molar-refractivity contribution in [2.45, 2.75) is 40.2 Å². The van der Waals surface area contributed by atoms with Crippen molar-refractivity contribution >= 4 is 33.2 Å². The zero-order valence-electron chi connectivity index (χ0n) is 18.0. The summed E-state index contributed by atoms with van der Waals surface area (Å²) in [6.45, 7) is 8.08. The molecule has 0 heterocycles. The fourth-order valence-electron chi connectivity index (χ4n) is 3.19. The summed E-state index contributed by atoms with van der Waals surface area (Å²) in [7, 11) is -3.71. The van der Waals surface area contributed by atoms with Crippen LogP contribution in [0.1, 0.15) is 30.0 Å². The zero-order chi connectivity index (χ0) is 22.5. The Balaban J connectivity index is 2.12. The number of nitrogens with zero attached hydrogens (tertiary/aromatic N) is 1. The molecule has 0 unspecified atom stereocenters. The van der Waals surface area contributed by atoms with Crippen LogP contribution < -0.4 is 14.4 Å². The van der Waals surface area contributed by atoms with Crippen LogP contribution in [-0.2, 0) is 14.8 Å². The van der Waals surface area contributed by atoms with Gasteiger partial charge < -0.3 is 10.1 Å². The first-order valence-electron chi connectivity index (χ1n) is 9.78. The highest BCUT2D eigenvalue weighted by Gasteiger charge is 2.32. The van der Waals surface area contributed by atoms with Crippen molar-refractivity contribution in [3.8, 4) is 5.75 Å². The minimum Gasteiger partial charge on any atom is -0.491 e. The van der Waals surface area contributed by atoms with Crippen LogP contribution in [0.15, 0.2) is 36.4 Å². The van der Waals surface area contributed by atoms with Crippen LogP contribution in [0.2, 0.25) is 5.02 Å². The number of benzene rings is 2. The molecular formula is C22H29ClN2O4S. The van der Waals surface area contributed by atoms with E-state index in [0.29, 0.717) is 22.7 Å². The molecule has 0 saturated heterocycles. The lowest BCUT2D eigenvalue weighted by atomic mass is 10.1. The summed E-state index contributed by atoms with van der Waals surface area (Å²) < 4.78 is 32.0. The highest BCUT2D eigenvalue weighted by Crippen LogP contribution is 2.29. The van der Waals surface area contributed by atoms with E-state index < -0.39 is 16.1 Å². The normalized spacial score (nSPS) is 12.3. The van der Waals surface area contributed by atoms with Gasteiger partial charge in [0.05, 0.1) is 18.5 Å². The van der Waals surface area contributed by atoms with Crippen molar-refractivity contribution in [2.24, 2.45) is 0 Å². The predicted molar refractivity (Wildman–Crippen MR) is 122 cm³/mol. The second kappa shape index (κ2) is 10.2. The van der Waals surface area contributed by atoms with Crippen molar-refractivity contribution in [2.75, 3.05) is 23.7 Å². The Hall–Kier alpha value is -2.25. The van der Waals surface area contributed by atoms with Crippen LogP contribution in [0.4, 0.5) is 5.69 Å². The largest absolute Gasteiger partial charge is 0.491 e. The Morgan fingerprint density at radius 1 is 1.17 bits per heavy atom. The summed E-state index contributed by atoms with van der Waals surface area (Å²) in [6, 6.07) is 9.90. The van der Waals surface area contributed by atoms with E-state index in [2.05, 4.69) is 5.32 Å². The van der Waals surface area contributed by atoms with Crippen LogP contribution in [0.25, 0.3) is 0 Å². The molecule has 1 atom stereocenters. The number of carbonyl (C=O) groups is 1. The first-order chi connectivity index (χ1) is 14.1. The van der Waals surface area contributed by atoms with Gasteiger partial charge in [0.25, 0.3) is 0 Å². The van der Waals surface area contributed by atoms with E-state index in [1.807, 2.05) is 32.0 Å². The minimum absolute atomic E-state index is 0.259. The predicted octanol–water partition coefficient (Wildman–Crippen LogP) is 4.01. The number of aryl methyl sites for hydroxylation is 2. The fraction of sp³-hybridized carbons (Fsp3) is 0.409. The zero-order valence-corrected chi connectivity index (χ0v) is 19.6. The van der Waals surface area contributed by atoms with Crippen molar-refractivity contribution in [3.63, 3.8) is 0 Å². The molecule has 0 radical (unpaired) electrons. The Labute approximate surface area is 184 Å². The molecule has 6 nitrogen and oxygen atoms in total. The lowest BCUT2D eigenvalue weighted by molar-refractivity contribution is -0.122. The second-order valence-corrected chi connectivity index (χ2v) is 9.55. The summed E-state index contributed by atoms with van der Waals surface area (Å²) in [6.07, 6.45) is 1.40. The third-order valence-corrected chi connectivity index (χ3v) is 6.35. The summed E-state index contributed by atoms with van der Waals surface area (Å²) in [5, 5.41) is 3.20. The monoisotopic (exact) mass is 452 g/mol. The highest BCUT2D eigenvalue weighted by atomic mass is 35.5. The molecule has 8 heteroatoms. The highest BCUT2D eigenvalue weighted by molar-refractivity contribution is 7.92. The number of hydrogen-bond donors (Lipinski definition) is 1. The lowest BCUT2D eigenvalue weighted by Crippen LogP contribution is -2.50. The quantitative estimate of drug-likeness (QED) is 0.583. The van der Waals surface area contributed by atoms with Gasteiger partial charge in [-0.25, -0.2) is 8.42 Å². The number of amides is 1. The molecule has 0 fully saturated rings. The molecule has 0 saturated carbocycles. The van der Waals surface area contributed by atoms with E-state index in [1.54, 1.807) is 32.0 Å². The maximum atomic E-state index is 12.9. The number of halogens is 1. The van der Waals surface area contributed by atoms with Gasteiger partial charge in [-0.15, -0.1) is 0 Å². The van der Waals surface area contributed by atoms with E-state index in [4.69, 9.17) is 16.3 Å². The molecule has 1 amide bonds. The molecule has 2 aromatic rings. The standard InChI is InChI=1S/C22H29ClN2O4S/c1-6-19(25(30(5,27)28)20-14-18(23)11-10-16(20)3)22(26)24-12-13-29-21-9-7-8-15(2)17(21)4/h7-11,14,19H,6,12-13H2,1-5H3,(H,24,26)/t19-/m0/s1. The Bertz CT molecular complexity index is 1010. The number of ether oxygens (including phenoxy) is 1. The minimum atomic E-state index is -3.71. The maximum Gasteiger partial charge on any atom is 0.244 e. The van der Waals surface area contributed by atoms with Crippen molar-refractivity contribution in [3.05, 3.63) is 58.1 Å². The van der Waals surface area contributed by atoms with E-state index >= 15 is 0 Å². The van der Waals surface area contributed by atoms with Gasteiger partial charge in [-0.2, -0.15) is 0 Å². The average molecular weight is 453 g/mol. The van der Waals surface area contributed by atoms with Crippen molar-refractivity contribution < 1.29 is 17.9 Å². The molecular weight excluding hydrogens is 424 g/mol.